The fourth-order valence-electron chi connectivity index (χ4n) is 3.18. The Morgan fingerprint density at radius 1 is 1.08 bits per heavy atom. The van der Waals surface area contributed by atoms with Crippen LogP contribution in [0.5, 0.6) is 5.75 Å². The van der Waals surface area contributed by atoms with Crippen molar-refractivity contribution in [2.24, 2.45) is 11.7 Å². The van der Waals surface area contributed by atoms with Crippen LogP contribution in [-0.4, -0.2) is 9.67 Å². The van der Waals surface area contributed by atoms with E-state index in [9.17, 15) is 9.90 Å². The third kappa shape index (κ3) is 2.81. The Morgan fingerprint density at radius 3 is 2.42 bits per heavy atom. The number of nitrogens with zero attached hydrogens (tertiary/aromatic N) is 1. The van der Waals surface area contributed by atoms with E-state index in [-0.39, 0.29) is 17.9 Å². The third-order valence-electron chi connectivity index (χ3n) is 4.17. The predicted molar refractivity (Wildman–Crippen MR) is 98.0 cm³/mol. The van der Waals surface area contributed by atoms with E-state index in [1.807, 2.05) is 30.3 Å². The van der Waals surface area contributed by atoms with Gasteiger partial charge >= 0.3 is 0 Å². The van der Waals surface area contributed by atoms with Crippen molar-refractivity contribution in [3.63, 3.8) is 0 Å². The van der Waals surface area contributed by atoms with Gasteiger partial charge in [-0.1, -0.05) is 44.2 Å². The monoisotopic (exact) mass is 322 g/mol. The molecular weight excluding hydrogens is 300 g/mol. The van der Waals surface area contributed by atoms with Crippen molar-refractivity contribution in [2.45, 2.75) is 26.9 Å². The van der Waals surface area contributed by atoms with Gasteiger partial charge in [-0.2, -0.15) is 0 Å². The molecule has 1 heterocycles. The molecule has 0 atom stereocenters. The van der Waals surface area contributed by atoms with Gasteiger partial charge in [-0.05, 0) is 35.1 Å². The summed E-state index contributed by atoms with van der Waals surface area (Å²) >= 11 is 0. The maximum absolute atomic E-state index is 13.0. The van der Waals surface area contributed by atoms with Crippen LogP contribution in [0, 0.1) is 5.92 Å². The van der Waals surface area contributed by atoms with Crippen LogP contribution in [0.3, 0.4) is 0 Å². The Balaban J connectivity index is 2.47. The minimum absolute atomic E-state index is 0.0928. The number of fused-ring (bicyclic) bond motifs is 1. The first-order valence-corrected chi connectivity index (χ1v) is 8.16. The Hall–Kier alpha value is -2.59. The van der Waals surface area contributed by atoms with Crippen molar-refractivity contribution in [1.82, 2.24) is 4.57 Å². The Kier molecular flexibility index (Phi) is 4.40. The number of hydrogen-bond donors (Lipinski definition) is 2. The van der Waals surface area contributed by atoms with Gasteiger partial charge in [0.2, 0.25) is 0 Å². The molecule has 2 aromatic carbocycles. The van der Waals surface area contributed by atoms with Crippen molar-refractivity contribution < 1.29 is 5.11 Å². The zero-order valence-corrected chi connectivity index (χ0v) is 14.0. The first-order chi connectivity index (χ1) is 11.5. The minimum atomic E-state index is -0.102. The molecule has 1 aromatic heterocycles. The van der Waals surface area contributed by atoms with Crippen molar-refractivity contribution in [2.75, 3.05) is 0 Å². The third-order valence-corrected chi connectivity index (χ3v) is 4.17. The lowest BCUT2D eigenvalue weighted by Gasteiger charge is -2.20. The van der Waals surface area contributed by atoms with Gasteiger partial charge in [0.05, 0.1) is 5.39 Å². The summed E-state index contributed by atoms with van der Waals surface area (Å²) in [5, 5.41) is 11.2. The summed E-state index contributed by atoms with van der Waals surface area (Å²) < 4.78 is 1.76. The largest absolute Gasteiger partial charge is 0.508 e. The molecule has 4 nitrogen and oxygen atoms in total. The Bertz CT molecular complexity index is 928. The summed E-state index contributed by atoms with van der Waals surface area (Å²) in [6, 6.07) is 14.9. The van der Waals surface area contributed by atoms with Crippen LogP contribution < -0.4 is 11.3 Å². The number of hydrogen-bond acceptors (Lipinski definition) is 3. The predicted octanol–water partition coefficient (Wildman–Crippen LogP) is 3.49. The molecule has 0 saturated carbocycles. The molecular formula is C20H22N2O2. The molecule has 3 rings (SSSR count). The van der Waals surface area contributed by atoms with Gasteiger partial charge in [0, 0.05) is 24.3 Å². The zero-order valence-electron chi connectivity index (χ0n) is 14.0. The normalized spacial score (nSPS) is 11.3. The van der Waals surface area contributed by atoms with E-state index in [1.54, 1.807) is 22.8 Å². The fraction of sp³-hybridized carbons (Fsp3) is 0.250. The SMILES string of the molecule is CC(C)Cn1c(CN)c(-c2ccccc2)c2ccc(O)cc2c1=O. The molecule has 0 aliphatic rings. The molecule has 0 aliphatic carbocycles. The molecule has 0 spiro atoms. The smallest absolute Gasteiger partial charge is 0.258 e. The number of aromatic nitrogens is 1. The average Bonchev–Trinajstić information content (AvgIpc) is 2.57. The van der Waals surface area contributed by atoms with Crippen molar-refractivity contribution >= 4 is 10.8 Å². The van der Waals surface area contributed by atoms with E-state index < -0.39 is 0 Å². The molecule has 0 amide bonds. The summed E-state index contributed by atoms with van der Waals surface area (Å²) in [5.74, 6) is 0.404. The highest BCUT2D eigenvalue weighted by atomic mass is 16.3. The number of phenolic OH excluding ortho intramolecular Hbond substituents is 1. The number of nitrogens with two attached hydrogens (primary N) is 1. The quantitative estimate of drug-likeness (QED) is 0.772. The summed E-state index contributed by atoms with van der Waals surface area (Å²) in [7, 11) is 0. The van der Waals surface area contributed by atoms with Gasteiger partial charge < -0.3 is 15.4 Å². The van der Waals surface area contributed by atoms with Crippen molar-refractivity contribution in [1.29, 1.82) is 0 Å². The van der Waals surface area contributed by atoms with E-state index in [0.717, 1.165) is 22.2 Å². The average molecular weight is 322 g/mol. The zero-order chi connectivity index (χ0) is 17.3. The highest BCUT2D eigenvalue weighted by Crippen LogP contribution is 2.32. The molecule has 24 heavy (non-hydrogen) atoms. The molecule has 0 aliphatic heterocycles. The topological polar surface area (TPSA) is 68.2 Å². The highest BCUT2D eigenvalue weighted by molar-refractivity contribution is 5.98. The summed E-state index contributed by atoms with van der Waals surface area (Å²) in [6.45, 7) is 5.02. The van der Waals surface area contributed by atoms with Crippen LogP contribution in [-0.2, 0) is 13.1 Å². The summed E-state index contributed by atoms with van der Waals surface area (Å²) in [5.41, 5.74) is 8.76. The first-order valence-electron chi connectivity index (χ1n) is 8.16. The van der Waals surface area contributed by atoms with E-state index in [1.165, 1.54) is 0 Å². The second kappa shape index (κ2) is 6.49. The van der Waals surface area contributed by atoms with Crippen LogP contribution in [0.4, 0.5) is 0 Å². The maximum Gasteiger partial charge on any atom is 0.258 e. The molecule has 0 bridgehead atoms. The standard InChI is InChI=1S/C20H22N2O2/c1-13(2)12-22-18(11-21)19(14-6-4-3-5-7-14)16-9-8-15(23)10-17(16)20(22)24/h3-10,13,23H,11-12,21H2,1-2H3. The fourth-order valence-corrected chi connectivity index (χ4v) is 3.18. The lowest BCUT2D eigenvalue weighted by molar-refractivity contribution is 0.475. The second-order valence-electron chi connectivity index (χ2n) is 6.43. The van der Waals surface area contributed by atoms with E-state index in [0.29, 0.717) is 17.8 Å². The molecule has 0 saturated heterocycles. The molecule has 3 aromatic rings. The summed E-state index contributed by atoms with van der Waals surface area (Å²) in [6.07, 6.45) is 0. The first kappa shape index (κ1) is 16.3. The van der Waals surface area contributed by atoms with E-state index >= 15 is 0 Å². The van der Waals surface area contributed by atoms with E-state index in [2.05, 4.69) is 13.8 Å². The highest BCUT2D eigenvalue weighted by Gasteiger charge is 2.18. The van der Waals surface area contributed by atoms with Gasteiger partial charge in [0.15, 0.2) is 0 Å². The van der Waals surface area contributed by atoms with E-state index in [4.69, 9.17) is 5.73 Å². The lowest BCUT2D eigenvalue weighted by Crippen LogP contribution is -2.28. The maximum atomic E-state index is 13.0. The Morgan fingerprint density at radius 2 is 1.79 bits per heavy atom. The van der Waals surface area contributed by atoms with Gasteiger partial charge in [0.1, 0.15) is 5.75 Å². The number of aromatic hydroxyl groups is 1. The van der Waals surface area contributed by atoms with Crippen molar-refractivity contribution in [3.8, 4) is 16.9 Å². The molecule has 3 N–H and O–H groups in total. The molecule has 0 radical (unpaired) electrons. The second-order valence-corrected chi connectivity index (χ2v) is 6.43. The van der Waals surface area contributed by atoms with Crippen LogP contribution in [0.15, 0.2) is 53.3 Å². The van der Waals surface area contributed by atoms with Gasteiger partial charge in [0.25, 0.3) is 5.56 Å². The number of benzene rings is 2. The molecule has 0 fully saturated rings. The number of phenols is 1. The Labute approximate surface area is 141 Å². The van der Waals surface area contributed by atoms with Crippen LogP contribution >= 0.6 is 0 Å². The summed E-state index contributed by atoms with van der Waals surface area (Å²) in [4.78, 5) is 13.0. The van der Waals surface area contributed by atoms with Gasteiger partial charge in [-0.3, -0.25) is 4.79 Å². The molecule has 124 valence electrons. The number of pyridine rings is 1. The lowest BCUT2D eigenvalue weighted by atomic mass is 9.96. The van der Waals surface area contributed by atoms with Crippen LogP contribution in [0.2, 0.25) is 0 Å². The molecule has 0 unspecified atom stereocenters. The van der Waals surface area contributed by atoms with Crippen molar-refractivity contribution in [3.05, 3.63) is 64.6 Å². The number of rotatable bonds is 4. The van der Waals surface area contributed by atoms with Crippen LogP contribution in [0.1, 0.15) is 19.5 Å². The van der Waals surface area contributed by atoms with Gasteiger partial charge in [-0.25, -0.2) is 0 Å². The van der Waals surface area contributed by atoms with Crippen LogP contribution in [0.25, 0.3) is 21.9 Å². The molecule has 4 heteroatoms. The van der Waals surface area contributed by atoms with Gasteiger partial charge in [-0.15, -0.1) is 0 Å². The minimum Gasteiger partial charge on any atom is -0.508 e.